The fourth-order valence-electron chi connectivity index (χ4n) is 2.84. The SMILES string of the molecule is COc1ccccc1NC1(CO)CCCC(OC)C1. The standard InChI is InChI=1S/C15H23NO3/c1-18-12-6-5-9-15(10-12,11-17)16-13-7-3-4-8-14(13)19-2/h3-4,7-8,12,16-17H,5-6,9-11H2,1-2H3. The molecule has 106 valence electrons. The molecular weight excluding hydrogens is 242 g/mol. The van der Waals surface area contributed by atoms with Crippen LogP contribution in [-0.2, 0) is 4.74 Å². The molecular formula is C15H23NO3. The highest BCUT2D eigenvalue weighted by Crippen LogP contribution is 2.35. The Bertz CT molecular complexity index is 410. The van der Waals surface area contributed by atoms with Gasteiger partial charge in [0.15, 0.2) is 0 Å². The predicted octanol–water partition coefficient (Wildman–Crippen LogP) is 2.43. The maximum absolute atomic E-state index is 9.82. The first-order chi connectivity index (χ1) is 9.23. The number of anilines is 1. The lowest BCUT2D eigenvalue weighted by molar-refractivity contribution is 0.0306. The number of para-hydroxylation sites is 2. The van der Waals surface area contributed by atoms with Gasteiger partial charge in [0.05, 0.1) is 31.0 Å². The van der Waals surface area contributed by atoms with Crippen LogP contribution >= 0.6 is 0 Å². The van der Waals surface area contributed by atoms with Crippen LogP contribution in [0.15, 0.2) is 24.3 Å². The number of nitrogens with one attached hydrogen (secondary N) is 1. The number of aliphatic hydroxyl groups excluding tert-OH is 1. The number of methoxy groups -OCH3 is 2. The third kappa shape index (κ3) is 3.19. The largest absolute Gasteiger partial charge is 0.495 e. The fourth-order valence-corrected chi connectivity index (χ4v) is 2.84. The average Bonchev–Trinajstić information content (AvgIpc) is 2.48. The van der Waals surface area contributed by atoms with Gasteiger partial charge >= 0.3 is 0 Å². The Labute approximate surface area is 114 Å². The molecule has 1 saturated carbocycles. The van der Waals surface area contributed by atoms with Gasteiger partial charge in [0.1, 0.15) is 5.75 Å². The summed E-state index contributed by atoms with van der Waals surface area (Å²) in [6.45, 7) is 0.102. The van der Waals surface area contributed by atoms with Crippen LogP contribution in [0.1, 0.15) is 25.7 Å². The van der Waals surface area contributed by atoms with Crippen molar-refractivity contribution < 1.29 is 14.6 Å². The molecule has 4 nitrogen and oxygen atoms in total. The summed E-state index contributed by atoms with van der Waals surface area (Å²) in [6, 6.07) is 7.80. The lowest BCUT2D eigenvalue weighted by Crippen LogP contribution is -2.48. The average molecular weight is 265 g/mol. The van der Waals surface area contributed by atoms with Crippen LogP contribution in [0.4, 0.5) is 5.69 Å². The van der Waals surface area contributed by atoms with Crippen molar-refractivity contribution in [3.05, 3.63) is 24.3 Å². The number of aliphatic hydroxyl groups is 1. The first-order valence-corrected chi connectivity index (χ1v) is 6.78. The van der Waals surface area contributed by atoms with Crippen molar-refractivity contribution >= 4 is 5.69 Å². The first-order valence-electron chi connectivity index (χ1n) is 6.78. The van der Waals surface area contributed by atoms with Crippen molar-refractivity contribution in [3.8, 4) is 5.75 Å². The fraction of sp³-hybridized carbons (Fsp3) is 0.600. The summed E-state index contributed by atoms with van der Waals surface area (Å²) in [5, 5.41) is 13.3. The summed E-state index contributed by atoms with van der Waals surface area (Å²) in [6.07, 6.45) is 4.09. The van der Waals surface area contributed by atoms with E-state index in [9.17, 15) is 5.11 Å². The Morgan fingerprint density at radius 2 is 2.16 bits per heavy atom. The van der Waals surface area contributed by atoms with E-state index in [1.807, 2.05) is 24.3 Å². The zero-order valence-electron chi connectivity index (χ0n) is 11.7. The second kappa shape index (κ2) is 6.26. The van der Waals surface area contributed by atoms with Crippen LogP contribution in [0.25, 0.3) is 0 Å². The van der Waals surface area contributed by atoms with Gasteiger partial charge in [-0.3, -0.25) is 0 Å². The minimum Gasteiger partial charge on any atom is -0.495 e. The highest BCUT2D eigenvalue weighted by molar-refractivity contribution is 5.57. The van der Waals surface area contributed by atoms with Crippen molar-refractivity contribution in [1.82, 2.24) is 0 Å². The van der Waals surface area contributed by atoms with E-state index in [4.69, 9.17) is 9.47 Å². The summed E-state index contributed by atoms with van der Waals surface area (Å²) in [5.74, 6) is 0.801. The van der Waals surface area contributed by atoms with Crippen LogP contribution in [0.3, 0.4) is 0 Å². The molecule has 1 aliphatic rings. The van der Waals surface area contributed by atoms with Gasteiger partial charge in [-0.1, -0.05) is 12.1 Å². The zero-order valence-corrected chi connectivity index (χ0v) is 11.7. The van der Waals surface area contributed by atoms with Gasteiger partial charge in [-0.15, -0.1) is 0 Å². The summed E-state index contributed by atoms with van der Waals surface area (Å²) >= 11 is 0. The van der Waals surface area contributed by atoms with Crippen molar-refractivity contribution in [2.24, 2.45) is 0 Å². The summed E-state index contributed by atoms with van der Waals surface area (Å²) in [5.41, 5.74) is 0.615. The molecule has 2 N–H and O–H groups in total. The number of hydrogen-bond donors (Lipinski definition) is 2. The van der Waals surface area contributed by atoms with Crippen molar-refractivity contribution in [2.75, 3.05) is 26.1 Å². The maximum Gasteiger partial charge on any atom is 0.141 e. The van der Waals surface area contributed by atoms with Gasteiger partial charge in [0.25, 0.3) is 0 Å². The van der Waals surface area contributed by atoms with E-state index in [0.717, 1.165) is 37.1 Å². The van der Waals surface area contributed by atoms with Gasteiger partial charge in [-0.2, -0.15) is 0 Å². The number of ether oxygens (including phenoxy) is 2. The maximum atomic E-state index is 9.82. The smallest absolute Gasteiger partial charge is 0.141 e. The predicted molar refractivity (Wildman–Crippen MR) is 75.7 cm³/mol. The Kier molecular flexibility index (Phi) is 4.66. The molecule has 2 atom stereocenters. The molecule has 0 bridgehead atoms. The summed E-state index contributed by atoms with van der Waals surface area (Å²) in [7, 11) is 3.40. The molecule has 2 unspecified atom stereocenters. The third-order valence-corrected chi connectivity index (χ3v) is 3.94. The second-order valence-corrected chi connectivity index (χ2v) is 5.22. The molecule has 1 aliphatic carbocycles. The number of benzene rings is 1. The molecule has 0 aromatic heterocycles. The van der Waals surface area contributed by atoms with Crippen LogP contribution in [0.5, 0.6) is 5.75 Å². The molecule has 0 radical (unpaired) electrons. The Balaban J connectivity index is 2.17. The number of hydrogen-bond acceptors (Lipinski definition) is 4. The van der Waals surface area contributed by atoms with Gasteiger partial charge in [0, 0.05) is 7.11 Å². The Morgan fingerprint density at radius 3 is 2.84 bits per heavy atom. The molecule has 0 saturated heterocycles. The summed E-state index contributed by atoms with van der Waals surface area (Å²) < 4.78 is 10.8. The van der Waals surface area contributed by atoms with Gasteiger partial charge < -0.3 is 19.9 Å². The van der Waals surface area contributed by atoms with Gasteiger partial charge in [-0.05, 0) is 37.8 Å². The molecule has 4 heteroatoms. The Hall–Kier alpha value is -1.26. The van der Waals surface area contributed by atoms with Crippen LogP contribution in [0.2, 0.25) is 0 Å². The van der Waals surface area contributed by atoms with Crippen LogP contribution < -0.4 is 10.1 Å². The van der Waals surface area contributed by atoms with E-state index < -0.39 is 0 Å². The van der Waals surface area contributed by atoms with E-state index in [1.54, 1.807) is 14.2 Å². The molecule has 1 aromatic rings. The molecule has 19 heavy (non-hydrogen) atoms. The molecule has 1 fully saturated rings. The quantitative estimate of drug-likeness (QED) is 0.858. The number of rotatable bonds is 5. The third-order valence-electron chi connectivity index (χ3n) is 3.94. The summed E-state index contributed by atoms with van der Waals surface area (Å²) in [4.78, 5) is 0. The van der Waals surface area contributed by atoms with Gasteiger partial charge in [-0.25, -0.2) is 0 Å². The van der Waals surface area contributed by atoms with E-state index >= 15 is 0 Å². The zero-order chi connectivity index (χ0) is 13.7. The van der Waals surface area contributed by atoms with Crippen LogP contribution in [-0.4, -0.2) is 37.6 Å². The monoisotopic (exact) mass is 265 g/mol. The normalized spacial score (nSPS) is 27.0. The molecule has 0 heterocycles. The minimum absolute atomic E-state index is 0.102. The highest BCUT2D eigenvalue weighted by Gasteiger charge is 2.36. The van der Waals surface area contributed by atoms with Crippen molar-refractivity contribution in [2.45, 2.75) is 37.3 Å². The van der Waals surface area contributed by atoms with E-state index in [1.165, 1.54) is 0 Å². The molecule has 0 aliphatic heterocycles. The molecule has 2 rings (SSSR count). The van der Waals surface area contributed by atoms with E-state index in [2.05, 4.69) is 5.32 Å². The minimum atomic E-state index is -0.312. The Morgan fingerprint density at radius 1 is 1.37 bits per heavy atom. The van der Waals surface area contributed by atoms with Crippen LogP contribution in [0, 0.1) is 0 Å². The second-order valence-electron chi connectivity index (χ2n) is 5.22. The molecule has 1 aromatic carbocycles. The first kappa shape index (κ1) is 14.2. The van der Waals surface area contributed by atoms with Crippen molar-refractivity contribution in [1.29, 1.82) is 0 Å². The lowest BCUT2D eigenvalue weighted by atomic mass is 9.80. The van der Waals surface area contributed by atoms with E-state index in [-0.39, 0.29) is 18.2 Å². The molecule has 0 spiro atoms. The topological polar surface area (TPSA) is 50.7 Å². The van der Waals surface area contributed by atoms with E-state index in [0.29, 0.717) is 0 Å². The lowest BCUT2D eigenvalue weighted by Gasteiger charge is -2.40. The highest BCUT2D eigenvalue weighted by atomic mass is 16.5. The molecule has 0 amide bonds. The van der Waals surface area contributed by atoms with Crippen molar-refractivity contribution in [3.63, 3.8) is 0 Å². The van der Waals surface area contributed by atoms with Gasteiger partial charge in [0.2, 0.25) is 0 Å².